The van der Waals surface area contributed by atoms with E-state index in [0.717, 1.165) is 24.5 Å². The predicted molar refractivity (Wildman–Crippen MR) is 73.8 cm³/mol. The van der Waals surface area contributed by atoms with Gasteiger partial charge in [0.25, 0.3) is 0 Å². The Morgan fingerprint density at radius 1 is 1.40 bits per heavy atom. The van der Waals surface area contributed by atoms with Crippen LogP contribution in [0.25, 0.3) is 0 Å². The van der Waals surface area contributed by atoms with Crippen molar-refractivity contribution in [3.05, 3.63) is 48.0 Å². The minimum Gasteiger partial charge on any atom is -0.335 e. The number of nitrogens with one attached hydrogen (secondary N) is 1. The van der Waals surface area contributed by atoms with Crippen LogP contribution in [0, 0.1) is 17.2 Å². The van der Waals surface area contributed by atoms with Gasteiger partial charge in [0, 0.05) is 37.0 Å². The Kier molecular flexibility index (Phi) is 3.21. The maximum Gasteiger partial charge on any atom is 0.228 e. The van der Waals surface area contributed by atoms with E-state index in [0.29, 0.717) is 12.0 Å². The average Bonchev–Trinajstić information content (AvgIpc) is 2.95. The summed E-state index contributed by atoms with van der Waals surface area (Å²) >= 11 is 0. The number of nitriles is 1. The number of rotatable bonds is 2. The molecule has 0 saturated heterocycles. The molecule has 1 aromatic carbocycles. The van der Waals surface area contributed by atoms with Crippen LogP contribution >= 0.6 is 0 Å². The fourth-order valence-electron chi connectivity index (χ4n) is 2.45. The first-order valence-corrected chi connectivity index (χ1v) is 6.57. The third kappa shape index (κ3) is 2.41. The number of nitrogens with zero attached hydrogens (tertiary/aromatic N) is 3. The van der Waals surface area contributed by atoms with Crippen LogP contribution in [0.1, 0.15) is 17.8 Å². The summed E-state index contributed by atoms with van der Waals surface area (Å²) in [6.07, 6.45) is 5.22. The van der Waals surface area contributed by atoms with Crippen molar-refractivity contribution in [2.75, 3.05) is 5.32 Å². The molecule has 1 N–H and O–H groups in total. The third-order valence-electron chi connectivity index (χ3n) is 3.60. The maximum atomic E-state index is 12.2. The summed E-state index contributed by atoms with van der Waals surface area (Å²) in [5.74, 6) is 0.945. The Bertz CT molecular complexity index is 666. The van der Waals surface area contributed by atoms with Crippen LogP contribution in [0.2, 0.25) is 0 Å². The molecule has 20 heavy (non-hydrogen) atoms. The summed E-state index contributed by atoms with van der Waals surface area (Å²) in [5, 5.41) is 11.6. The molecule has 1 aromatic heterocycles. The summed E-state index contributed by atoms with van der Waals surface area (Å²) in [6, 6.07) is 8.95. The molecule has 0 radical (unpaired) electrons. The lowest BCUT2D eigenvalue weighted by molar-refractivity contribution is -0.120. The molecular formula is C15H14N4O. The number of amides is 1. The molecule has 1 atom stereocenters. The zero-order chi connectivity index (χ0) is 13.9. The van der Waals surface area contributed by atoms with Crippen LogP contribution in [0.5, 0.6) is 0 Å². The quantitative estimate of drug-likeness (QED) is 0.903. The maximum absolute atomic E-state index is 12.2. The van der Waals surface area contributed by atoms with Gasteiger partial charge >= 0.3 is 0 Å². The molecule has 0 fully saturated rings. The molecule has 0 spiro atoms. The third-order valence-corrected chi connectivity index (χ3v) is 3.60. The molecule has 1 amide bonds. The number of carbonyl (C=O) groups excluding carboxylic acids is 1. The normalized spacial score (nSPS) is 17.1. The average molecular weight is 266 g/mol. The van der Waals surface area contributed by atoms with Crippen molar-refractivity contribution in [1.29, 1.82) is 5.26 Å². The molecule has 5 nitrogen and oxygen atoms in total. The fourth-order valence-corrected chi connectivity index (χ4v) is 2.45. The van der Waals surface area contributed by atoms with Gasteiger partial charge in [-0.3, -0.25) is 4.79 Å². The van der Waals surface area contributed by atoms with Crippen LogP contribution in [0.3, 0.4) is 0 Å². The largest absolute Gasteiger partial charge is 0.335 e. The first kappa shape index (κ1) is 12.4. The zero-order valence-electron chi connectivity index (χ0n) is 10.9. The highest BCUT2D eigenvalue weighted by Crippen LogP contribution is 2.21. The van der Waals surface area contributed by atoms with Crippen LogP contribution < -0.4 is 5.32 Å². The minimum absolute atomic E-state index is 0.0176. The summed E-state index contributed by atoms with van der Waals surface area (Å²) in [4.78, 5) is 16.5. The SMILES string of the molecule is N#Cc1ccc(NC(=O)C2CCn3ccnc3C2)cc1. The van der Waals surface area contributed by atoms with Crippen molar-refractivity contribution in [3.63, 3.8) is 0 Å². The molecule has 1 aliphatic rings. The number of aromatic nitrogens is 2. The molecule has 2 heterocycles. The summed E-state index contributed by atoms with van der Waals surface area (Å²) in [5.41, 5.74) is 1.31. The van der Waals surface area contributed by atoms with E-state index in [9.17, 15) is 4.79 Å². The molecular weight excluding hydrogens is 252 g/mol. The Morgan fingerprint density at radius 3 is 2.95 bits per heavy atom. The van der Waals surface area contributed by atoms with Gasteiger partial charge in [-0.25, -0.2) is 4.98 Å². The molecule has 100 valence electrons. The zero-order valence-corrected chi connectivity index (χ0v) is 10.9. The van der Waals surface area contributed by atoms with E-state index in [1.54, 1.807) is 30.5 Å². The second-order valence-corrected chi connectivity index (χ2v) is 4.90. The van der Waals surface area contributed by atoms with Gasteiger partial charge in [0.2, 0.25) is 5.91 Å². The first-order chi connectivity index (χ1) is 9.76. The molecule has 1 unspecified atom stereocenters. The molecule has 0 bridgehead atoms. The summed E-state index contributed by atoms with van der Waals surface area (Å²) in [7, 11) is 0. The van der Waals surface area contributed by atoms with E-state index < -0.39 is 0 Å². The van der Waals surface area contributed by atoms with Gasteiger partial charge in [0.05, 0.1) is 11.6 Å². The lowest BCUT2D eigenvalue weighted by Crippen LogP contribution is -2.30. The van der Waals surface area contributed by atoms with Gasteiger partial charge < -0.3 is 9.88 Å². The van der Waals surface area contributed by atoms with Crippen molar-refractivity contribution in [1.82, 2.24) is 9.55 Å². The van der Waals surface area contributed by atoms with E-state index >= 15 is 0 Å². The highest BCUT2D eigenvalue weighted by Gasteiger charge is 2.25. The smallest absolute Gasteiger partial charge is 0.228 e. The number of hydrogen-bond donors (Lipinski definition) is 1. The van der Waals surface area contributed by atoms with E-state index in [2.05, 4.69) is 20.9 Å². The lowest BCUT2D eigenvalue weighted by Gasteiger charge is -2.22. The Hall–Kier alpha value is -2.61. The Balaban J connectivity index is 1.66. The summed E-state index contributed by atoms with van der Waals surface area (Å²) in [6.45, 7) is 0.834. The first-order valence-electron chi connectivity index (χ1n) is 6.57. The second-order valence-electron chi connectivity index (χ2n) is 4.90. The van der Waals surface area contributed by atoms with Gasteiger partial charge in [-0.1, -0.05) is 0 Å². The molecule has 2 aromatic rings. The highest BCUT2D eigenvalue weighted by molar-refractivity contribution is 5.92. The molecule has 0 aliphatic carbocycles. The van der Waals surface area contributed by atoms with Crippen LogP contribution in [-0.4, -0.2) is 15.5 Å². The van der Waals surface area contributed by atoms with Crippen LogP contribution in [0.15, 0.2) is 36.7 Å². The number of hydrogen-bond acceptors (Lipinski definition) is 3. The van der Waals surface area contributed by atoms with E-state index in [1.165, 1.54) is 0 Å². The number of anilines is 1. The van der Waals surface area contributed by atoms with Crippen LogP contribution in [-0.2, 0) is 17.8 Å². The van der Waals surface area contributed by atoms with Gasteiger partial charge in [-0.05, 0) is 30.7 Å². The van der Waals surface area contributed by atoms with Crippen molar-refractivity contribution < 1.29 is 4.79 Å². The lowest BCUT2D eigenvalue weighted by atomic mass is 9.97. The minimum atomic E-state index is -0.0412. The van der Waals surface area contributed by atoms with Crippen LogP contribution in [0.4, 0.5) is 5.69 Å². The van der Waals surface area contributed by atoms with Gasteiger partial charge in [0.1, 0.15) is 5.82 Å². The topological polar surface area (TPSA) is 70.7 Å². The van der Waals surface area contributed by atoms with E-state index in [4.69, 9.17) is 5.26 Å². The molecule has 0 saturated carbocycles. The van der Waals surface area contributed by atoms with Crippen molar-refractivity contribution in [2.24, 2.45) is 5.92 Å². The van der Waals surface area contributed by atoms with Crippen molar-refractivity contribution >= 4 is 11.6 Å². The predicted octanol–water partition coefficient (Wildman–Crippen LogP) is 1.96. The van der Waals surface area contributed by atoms with Crippen molar-refractivity contribution in [2.45, 2.75) is 19.4 Å². The standard InChI is InChI=1S/C15H14N4O/c16-10-11-1-3-13(4-2-11)18-15(20)12-5-7-19-8-6-17-14(19)9-12/h1-4,6,8,12H,5,7,9H2,(H,18,20). The number of aryl methyl sites for hydroxylation is 1. The monoisotopic (exact) mass is 266 g/mol. The molecule has 3 rings (SSSR count). The second kappa shape index (κ2) is 5.17. The highest BCUT2D eigenvalue weighted by atomic mass is 16.1. The summed E-state index contributed by atoms with van der Waals surface area (Å²) < 4.78 is 2.09. The van der Waals surface area contributed by atoms with Gasteiger partial charge in [-0.2, -0.15) is 5.26 Å². The fraction of sp³-hybridized carbons (Fsp3) is 0.267. The van der Waals surface area contributed by atoms with Crippen molar-refractivity contribution in [3.8, 4) is 6.07 Å². The van der Waals surface area contributed by atoms with Gasteiger partial charge in [-0.15, -0.1) is 0 Å². The van der Waals surface area contributed by atoms with E-state index in [-0.39, 0.29) is 11.8 Å². The number of imidazole rings is 1. The molecule has 1 aliphatic heterocycles. The Morgan fingerprint density at radius 2 is 2.20 bits per heavy atom. The van der Waals surface area contributed by atoms with Gasteiger partial charge in [0.15, 0.2) is 0 Å². The Labute approximate surface area is 116 Å². The number of benzene rings is 1. The molecule has 5 heteroatoms. The van der Waals surface area contributed by atoms with E-state index in [1.807, 2.05) is 6.20 Å². The number of carbonyl (C=O) groups is 1. The number of fused-ring (bicyclic) bond motifs is 1.